The maximum Gasteiger partial charge on any atom is 0.417 e. The lowest BCUT2D eigenvalue weighted by Gasteiger charge is -2.22. The van der Waals surface area contributed by atoms with Crippen molar-refractivity contribution in [2.45, 2.75) is 44.2 Å². The van der Waals surface area contributed by atoms with Crippen molar-refractivity contribution in [3.63, 3.8) is 0 Å². The minimum absolute atomic E-state index is 0.0762. The number of carbonyl (C=O) groups excluding carboxylic acids is 1. The predicted molar refractivity (Wildman–Crippen MR) is 134 cm³/mol. The van der Waals surface area contributed by atoms with Gasteiger partial charge < -0.3 is 10.1 Å². The van der Waals surface area contributed by atoms with E-state index in [1.807, 2.05) is 30.3 Å². The van der Waals surface area contributed by atoms with Crippen molar-refractivity contribution >= 4 is 5.91 Å². The lowest BCUT2D eigenvalue weighted by Crippen LogP contribution is -2.41. The van der Waals surface area contributed by atoms with Crippen molar-refractivity contribution in [3.05, 3.63) is 108 Å². The Bertz CT molecular complexity index is 1370. The highest BCUT2D eigenvalue weighted by Gasteiger charge is 2.33. The molecule has 1 N–H and O–H groups in total. The number of alkyl halides is 3. The highest BCUT2D eigenvalue weighted by atomic mass is 19.4. The Morgan fingerprint density at radius 2 is 1.78 bits per heavy atom. The molecule has 1 aliphatic carbocycles. The van der Waals surface area contributed by atoms with Crippen molar-refractivity contribution in [2.24, 2.45) is 0 Å². The molecule has 0 unspecified atom stereocenters. The fourth-order valence-corrected chi connectivity index (χ4v) is 4.78. The molecule has 2 atom stereocenters. The molecule has 1 aliphatic rings. The maximum absolute atomic E-state index is 13.6. The molecule has 37 heavy (non-hydrogen) atoms. The Hall–Kier alpha value is -3.91. The third-order valence-corrected chi connectivity index (χ3v) is 6.61. The topological polar surface area (TPSA) is 56.1 Å². The van der Waals surface area contributed by atoms with Gasteiger partial charge in [0.2, 0.25) is 0 Å². The van der Waals surface area contributed by atoms with Crippen LogP contribution >= 0.6 is 0 Å². The molecule has 0 spiro atoms. The van der Waals surface area contributed by atoms with E-state index >= 15 is 0 Å². The van der Waals surface area contributed by atoms with Gasteiger partial charge in [0.05, 0.1) is 36.8 Å². The van der Waals surface area contributed by atoms with Gasteiger partial charge in [-0.2, -0.15) is 13.2 Å². The van der Waals surface area contributed by atoms with Gasteiger partial charge in [-0.15, -0.1) is 0 Å². The number of ether oxygens (including phenoxy) is 1. The summed E-state index contributed by atoms with van der Waals surface area (Å²) in [5.74, 6) is -0.307. The van der Waals surface area contributed by atoms with Gasteiger partial charge in [-0.05, 0) is 54.2 Å². The van der Waals surface area contributed by atoms with Crippen molar-refractivity contribution in [1.29, 1.82) is 0 Å². The van der Waals surface area contributed by atoms with Crippen molar-refractivity contribution < 1.29 is 22.7 Å². The number of aromatic nitrogens is 2. The summed E-state index contributed by atoms with van der Waals surface area (Å²) >= 11 is 0. The lowest BCUT2D eigenvalue weighted by molar-refractivity contribution is -0.137. The van der Waals surface area contributed by atoms with Gasteiger partial charge in [0.15, 0.2) is 0 Å². The number of imidazole rings is 1. The number of nitrogens with zero attached hydrogens (tertiary/aromatic N) is 2. The SMILES string of the molecule is O=C(N[C@H]1CCC[C@@H]1OCc1ccccc1)c1cncn1-c1cccc(-c2ccccc2C(F)(F)F)c1. The minimum atomic E-state index is -4.48. The minimum Gasteiger partial charge on any atom is -0.371 e. The van der Waals surface area contributed by atoms with Crippen LogP contribution in [0, 0.1) is 0 Å². The molecule has 0 radical (unpaired) electrons. The number of carbonyl (C=O) groups is 1. The predicted octanol–water partition coefficient (Wildman–Crippen LogP) is 6.43. The van der Waals surface area contributed by atoms with Crippen LogP contribution in [0.2, 0.25) is 0 Å². The van der Waals surface area contributed by atoms with Crippen LogP contribution in [0.5, 0.6) is 0 Å². The van der Waals surface area contributed by atoms with E-state index in [1.165, 1.54) is 24.7 Å². The third-order valence-electron chi connectivity index (χ3n) is 6.61. The van der Waals surface area contributed by atoms with Gasteiger partial charge >= 0.3 is 6.18 Å². The number of benzene rings is 3. The molecule has 190 valence electrons. The molecule has 1 amide bonds. The van der Waals surface area contributed by atoms with Crippen LogP contribution in [0.1, 0.15) is 40.9 Å². The van der Waals surface area contributed by atoms with Crippen LogP contribution in [-0.4, -0.2) is 27.6 Å². The molecule has 1 heterocycles. The van der Waals surface area contributed by atoms with Gasteiger partial charge in [-0.25, -0.2) is 4.98 Å². The first-order valence-corrected chi connectivity index (χ1v) is 12.2. The summed E-state index contributed by atoms with van der Waals surface area (Å²) in [5.41, 5.74) is 1.68. The fourth-order valence-electron chi connectivity index (χ4n) is 4.78. The summed E-state index contributed by atoms with van der Waals surface area (Å²) in [6.45, 7) is 0.474. The smallest absolute Gasteiger partial charge is 0.371 e. The Labute approximate surface area is 212 Å². The molecular formula is C29H26F3N3O2. The summed E-state index contributed by atoms with van der Waals surface area (Å²) in [4.78, 5) is 17.4. The van der Waals surface area contributed by atoms with E-state index in [1.54, 1.807) is 34.9 Å². The molecule has 8 heteroatoms. The number of rotatable bonds is 7. The highest BCUT2D eigenvalue weighted by molar-refractivity contribution is 5.93. The summed E-state index contributed by atoms with van der Waals surface area (Å²) < 4.78 is 48.4. The third kappa shape index (κ3) is 5.59. The quantitative estimate of drug-likeness (QED) is 0.315. The molecule has 1 aromatic heterocycles. The average Bonchev–Trinajstić information content (AvgIpc) is 3.57. The largest absolute Gasteiger partial charge is 0.417 e. The van der Waals surface area contributed by atoms with Crippen LogP contribution < -0.4 is 5.32 Å². The first-order valence-electron chi connectivity index (χ1n) is 12.2. The average molecular weight is 506 g/mol. The molecule has 5 rings (SSSR count). The number of hydrogen-bond donors (Lipinski definition) is 1. The van der Waals surface area contributed by atoms with E-state index in [0.717, 1.165) is 30.9 Å². The van der Waals surface area contributed by atoms with E-state index in [4.69, 9.17) is 4.74 Å². The standard InChI is InChI=1S/C29H26F3N3O2/c30-29(31,32)24-13-5-4-12-23(24)21-10-6-11-22(16-21)35-19-33-17-26(35)28(36)34-25-14-7-15-27(25)37-18-20-8-2-1-3-9-20/h1-6,8-13,16-17,19,25,27H,7,14-15,18H2,(H,34,36)/t25-,27-/m0/s1. The van der Waals surface area contributed by atoms with Crippen LogP contribution in [-0.2, 0) is 17.5 Å². The van der Waals surface area contributed by atoms with Crippen molar-refractivity contribution in [3.8, 4) is 16.8 Å². The highest BCUT2D eigenvalue weighted by Crippen LogP contribution is 2.37. The van der Waals surface area contributed by atoms with Crippen LogP contribution in [0.3, 0.4) is 0 Å². The first kappa shape index (κ1) is 24.8. The van der Waals surface area contributed by atoms with Crippen molar-refractivity contribution in [2.75, 3.05) is 0 Å². The van der Waals surface area contributed by atoms with E-state index in [9.17, 15) is 18.0 Å². The van der Waals surface area contributed by atoms with Crippen LogP contribution in [0.15, 0.2) is 91.4 Å². The number of hydrogen-bond acceptors (Lipinski definition) is 3. The van der Waals surface area contributed by atoms with Gasteiger partial charge in [0, 0.05) is 5.69 Å². The first-order chi connectivity index (χ1) is 17.9. The molecule has 0 bridgehead atoms. The second-order valence-electron chi connectivity index (χ2n) is 9.09. The Morgan fingerprint density at radius 1 is 1.00 bits per heavy atom. The van der Waals surface area contributed by atoms with Crippen LogP contribution in [0.4, 0.5) is 13.2 Å². The van der Waals surface area contributed by atoms with E-state index < -0.39 is 11.7 Å². The molecule has 4 aromatic rings. The summed E-state index contributed by atoms with van der Waals surface area (Å²) in [5, 5.41) is 3.08. The zero-order valence-corrected chi connectivity index (χ0v) is 20.0. The lowest BCUT2D eigenvalue weighted by atomic mass is 9.99. The summed E-state index contributed by atoms with van der Waals surface area (Å²) in [7, 11) is 0. The zero-order valence-electron chi connectivity index (χ0n) is 20.0. The Kier molecular flexibility index (Phi) is 7.10. The summed E-state index contributed by atoms with van der Waals surface area (Å²) in [6.07, 6.45) is 0.989. The van der Waals surface area contributed by atoms with Gasteiger partial charge in [-0.1, -0.05) is 60.7 Å². The molecule has 0 aliphatic heterocycles. The van der Waals surface area contributed by atoms with Gasteiger partial charge in [0.25, 0.3) is 5.91 Å². The normalized spacial score (nSPS) is 17.6. The number of halogens is 3. The Morgan fingerprint density at radius 3 is 2.59 bits per heavy atom. The van der Waals surface area contributed by atoms with Crippen molar-refractivity contribution in [1.82, 2.24) is 14.9 Å². The van der Waals surface area contributed by atoms with E-state index in [2.05, 4.69) is 10.3 Å². The van der Waals surface area contributed by atoms with E-state index in [-0.39, 0.29) is 23.6 Å². The molecule has 5 nitrogen and oxygen atoms in total. The monoisotopic (exact) mass is 505 g/mol. The second-order valence-corrected chi connectivity index (χ2v) is 9.09. The molecule has 1 fully saturated rings. The number of amides is 1. The molecular weight excluding hydrogens is 479 g/mol. The molecule has 3 aromatic carbocycles. The number of nitrogens with one attached hydrogen (secondary N) is 1. The fraction of sp³-hybridized carbons (Fsp3) is 0.241. The summed E-state index contributed by atoms with van der Waals surface area (Å²) in [6, 6.07) is 21.9. The molecule has 1 saturated carbocycles. The van der Waals surface area contributed by atoms with E-state index in [0.29, 0.717) is 23.6 Å². The molecule has 0 saturated heterocycles. The van der Waals surface area contributed by atoms with Crippen LogP contribution in [0.25, 0.3) is 16.8 Å². The Balaban J connectivity index is 1.34. The van der Waals surface area contributed by atoms with Gasteiger partial charge in [0.1, 0.15) is 5.69 Å². The zero-order chi connectivity index (χ0) is 25.8. The van der Waals surface area contributed by atoms with Gasteiger partial charge in [-0.3, -0.25) is 9.36 Å². The maximum atomic E-state index is 13.6. The second kappa shape index (κ2) is 10.6.